The molecule has 9 heteroatoms. The lowest BCUT2D eigenvalue weighted by Crippen LogP contribution is -2.19. The largest absolute Gasteiger partial charge is 0.494 e. The second kappa shape index (κ2) is 10.2. The zero-order valence-electron chi connectivity index (χ0n) is 17.6. The number of methoxy groups -OCH3 is 1. The van der Waals surface area contributed by atoms with Crippen molar-refractivity contribution in [2.24, 2.45) is 0 Å². The van der Waals surface area contributed by atoms with Gasteiger partial charge in [0.1, 0.15) is 17.8 Å². The van der Waals surface area contributed by atoms with Crippen molar-refractivity contribution in [1.82, 2.24) is 4.98 Å². The number of benzene rings is 2. The van der Waals surface area contributed by atoms with Gasteiger partial charge in [0, 0.05) is 17.5 Å². The third-order valence-corrected chi connectivity index (χ3v) is 4.39. The molecule has 170 valence electrons. The summed E-state index contributed by atoms with van der Waals surface area (Å²) in [4.78, 5) is 16.8. The van der Waals surface area contributed by atoms with E-state index in [0.717, 1.165) is 5.56 Å². The number of carbonyl (C=O) groups is 1. The lowest BCUT2D eigenvalue weighted by Gasteiger charge is -2.13. The summed E-state index contributed by atoms with van der Waals surface area (Å²) < 4.78 is 58.4. The van der Waals surface area contributed by atoms with Crippen LogP contribution in [0.15, 0.2) is 53.1 Å². The van der Waals surface area contributed by atoms with Crippen molar-refractivity contribution in [3.8, 4) is 28.7 Å². The number of hydrogen-bond acceptors (Lipinski definition) is 6. The predicted octanol–water partition coefficient (Wildman–Crippen LogP) is 5.04. The number of hydrogen-bond donors (Lipinski definition) is 0. The number of carbonyl (C=O) groups excluding carboxylic acids is 1. The molecule has 0 fully saturated rings. The number of alkyl halides is 3. The fraction of sp³-hybridized carbons (Fsp3) is 0.304. The molecule has 6 nitrogen and oxygen atoms in total. The fourth-order valence-corrected chi connectivity index (χ4v) is 3.03. The molecule has 0 aliphatic carbocycles. The van der Waals surface area contributed by atoms with Gasteiger partial charge in [-0.25, -0.2) is 4.98 Å². The van der Waals surface area contributed by atoms with Gasteiger partial charge >= 0.3 is 6.18 Å². The first-order chi connectivity index (χ1) is 15.3. The highest BCUT2D eigenvalue weighted by atomic mass is 19.4. The van der Waals surface area contributed by atoms with E-state index in [1.54, 1.807) is 6.07 Å². The van der Waals surface area contributed by atoms with Gasteiger partial charge in [0.25, 0.3) is 0 Å². The van der Waals surface area contributed by atoms with Crippen molar-refractivity contribution in [3.63, 3.8) is 0 Å². The van der Waals surface area contributed by atoms with Gasteiger partial charge < -0.3 is 18.6 Å². The highest BCUT2D eigenvalue weighted by Gasteiger charge is 2.29. The van der Waals surface area contributed by atoms with Crippen molar-refractivity contribution in [3.05, 3.63) is 60.0 Å². The van der Waals surface area contributed by atoms with E-state index in [4.69, 9.17) is 18.6 Å². The fourth-order valence-electron chi connectivity index (χ4n) is 3.03. The number of ether oxygens (including phenoxy) is 3. The Hall–Kier alpha value is -3.49. The molecule has 0 radical (unpaired) electrons. The molecule has 0 saturated heterocycles. The van der Waals surface area contributed by atoms with E-state index in [-0.39, 0.29) is 36.0 Å². The zero-order chi connectivity index (χ0) is 23.1. The van der Waals surface area contributed by atoms with Gasteiger partial charge in [0.05, 0.1) is 25.8 Å². The zero-order valence-corrected chi connectivity index (χ0v) is 17.6. The summed E-state index contributed by atoms with van der Waals surface area (Å²) in [6.07, 6.45) is -2.92. The Kier molecular flexibility index (Phi) is 7.40. The first-order valence-corrected chi connectivity index (χ1v) is 9.84. The quantitative estimate of drug-likeness (QED) is 0.432. The molecule has 2 aromatic carbocycles. The van der Waals surface area contributed by atoms with Gasteiger partial charge in [-0.05, 0) is 31.2 Å². The molecule has 0 spiro atoms. The van der Waals surface area contributed by atoms with Crippen LogP contribution in [-0.4, -0.2) is 37.3 Å². The van der Waals surface area contributed by atoms with Gasteiger partial charge in [-0.2, -0.15) is 13.2 Å². The Labute approximate surface area is 182 Å². The number of para-hydroxylation sites is 1. The molecule has 3 aromatic rings. The predicted molar refractivity (Wildman–Crippen MR) is 110 cm³/mol. The molecule has 0 saturated carbocycles. The Morgan fingerprint density at radius 1 is 1.03 bits per heavy atom. The molecule has 0 amide bonds. The highest BCUT2D eigenvalue weighted by Crippen LogP contribution is 2.33. The average molecular weight is 449 g/mol. The maximum Gasteiger partial charge on any atom is 0.422 e. The van der Waals surface area contributed by atoms with E-state index in [0.29, 0.717) is 23.6 Å². The summed E-state index contributed by atoms with van der Waals surface area (Å²) in [5.41, 5.74) is 1.58. The molecular weight excluding hydrogens is 427 g/mol. The molecule has 0 unspecified atom stereocenters. The molecule has 0 aliphatic rings. The van der Waals surface area contributed by atoms with Gasteiger partial charge in [-0.1, -0.05) is 18.2 Å². The highest BCUT2D eigenvalue weighted by molar-refractivity contribution is 5.83. The number of aromatic nitrogens is 1. The third-order valence-electron chi connectivity index (χ3n) is 4.39. The Balaban J connectivity index is 1.71. The molecule has 0 aliphatic heterocycles. The van der Waals surface area contributed by atoms with Crippen LogP contribution in [0.25, 0.3) is 11.5 Å². The number of Topliss-reactive ketones (excluding diaryl/α,β-unsaturated/α-hetero) is 1. The molecule has 32 heavy (non-hydrogen) atoms. The minimum Gasteiger partial charge on any atom is -0.494 e. The van der Waals surface area contributed by atoms with Crippen LogP contribution in [0.4, 0.5) is 13.2 Å². The number of rotatable bonds is 10. The monoisotopic (exact) mass is 449 g/mol. The van der Waals surface area contributed by atoms with E-state index >= 15 is 0 Å². The first-order valence-electron chi connectivity index (χ1n) is 9.84. The summed E-state index contributed by atoms with van der Waals surface area (Å²) in [7, 11) is 1.33. The van der Waals surface area contributed by atoms with Gasteiger partial charge in [-0.15, -0.1) is 0 Å². The second-order valence-corrected chi connectivity index (χ2v) is 6.85. The van der Waals surface area contributed by atoms with Gasteiger partial charge in [-0.3, -0.25) is 4.79 Å². The molecule has 0 bridgehead atoms. The molecule has 0 atom stereocenters. The first kappa shape index (κ1) is 23.2. The lowest BCUT2D eigenvalue weighted by atomic mass is 10.1. The molecular formula is C23H22F3NO5. The van der Waals surface area contributed by atoms with Crippen LogP contribution in [0.2, 0.25) is 0 Å². The molecule has 1 aromatic heterocycles. The molecule has 0 N–H and O–H groups in total. The maximum absolute atomic E-state index is 12.5. The van der Waals surface area contributed by atoms with E-state index in [2.05, 4.69) is 4.98 Å². The van der Waals surface area contributed by atoms with Crippen LogP contribution in [0.3, 0.4) is 0 Å². The maximum atomic E-state index is 12.5. The SMILES string of the molecule is CCOc1ccccc1CC(=O)Cc1coc(-c2ccc(OC)c(OCC(F)(F)F)c2)n1. The van der Waals surface area contributed by atoms with E-state index in [1.807, 2.05) is 31.2 Å². The summed E-state index contributed by atoms with van der Waals surface area (Å²) >= 11 is 0. The summed E-state index contributed by atoms with van der Waals surface area (Å²) in [5.74, 6) is 0.787. The van der Waals surface area contributed by atoms with Crippen molar-refractivity contribution >= 4 is 5.78 Å². The standard InChI is InChI=1S/C23H22F3NO5/c1-3-30-19-7-5-4-6-15(19)10-18(28)12-17-13-31-22(27-17)16-8-9-20(29-2)21(11-16)32-14-23(24,25)26/h4-9,11,13H,3,10,12,14H2,1-2H3. The van der Waals surface area contributed by atoms with E-state index < -0.39 is 12.8 Å². The van der Waals surface area contributed by atoms with Crippen LogP contribution < -0.4 is 14.2 Å². The lowest BCUT2D eigenvalue weighted by molar-refractivity contribution is -0.153. The van der Waals surface area contributed by atoms with Crippen LogP contribution in [0, 0.1) is 0 Å². The Morgan fingerprint density at radius 3 is 2.53 bits per heavy atom. The minimum atomic E-state index is -4.49. The van der Waals surface area contributed by atoms with Crippen LogP contribution in [0.5, 0.6) is 17.2 Å². The van der Waals surface area contributed by atoms with Crippen molar-refractivity contribution in [1.29, 1.82) is 0 Å². The van der Waals surface area contributed by atoms with Crippen molar-refractivity contribution in [2.75, 3.05) is 20.3 Å². The number of halogens is 3. The third kappa shape index (κ3) is 6.26. The van der Waals surface area contributed by atoms with Gasteiger partial charge in [0.15, 0.2) is 18.1 Å². The van der Waals surface area contributed by atoms with E-state index in [9.17, 15) is 18.0 Å². The van der Waals surface area contributed by atoms with Crippen molar-refractivity contribution < 1.29 is 36.6 Å². The van der Waals surface area contributed by atoms with Crippen LogP contribution in [-0.2, 0) is 17.6 Å². The van der Waals surface area contributed by atoms with Crippen molar-refractivity contribution in [2.45, 2.75) is 25.9 Å². The topological polar surface area (TPSA) is 70.8 Å². The number of nitrogens with zero attached hydrogens (tertiary/aromatic N) is 1. The summed E-state index contributed by atoms with van der Waals surface area (Å²) in [6.45, 7) is 0.907. The summed E-state index contributed by atoms with van der Waals surface area (Å²) in [5, 5.41) is 0. The average Bonchev–Trinajstić information content (AvgIpc) is 3.21. The smallest absolute Gasteiger partial charge is 0.422 e. The minimum absolute atomic E-state index is 0.0392. The van der Waals surface area contributed by atoms with Gasteiger partial charge in [0.2, 0.25) is 5.89 Å². The molecule has 1 heterocycles. The number of oxazole rings is 1. The summed E-state index contributed by atoms with van der Waals surface area (Å²) in [6, 6.07) is 11.7. The Morgan fingerprint density at radius 2 is 1.81 bits per heavy atom. The van der Waals surface area contributed by atoms with E-state index in [1.165, 1.54) is 25.5 Å². The van der Waals surface area contributed by atoms with Crippen LogP contribution in [0.1, 0.15) is 18.2 Å². The normalized spacial score (nSPS) is 11.3. The molecule has 3 rings (SSSR count). The van der Waals surface area contributed by atoms with Crippen LogP contribution >= 0.6 is 0 Å². The Bertz CT molecular complexity index is 1060. The second-order valence-electron chi connectivity index (χ2n) is 6.85. The number of ketones is 1.